The highest BCUT2D eigenvalue weighted by Gasteiger charge is 2.18. The minimum atomic E-state index is 0.732. The highest BCUT2D eigenvalue weighted by atomic mass is 35.5. The van der Waals surface area contributed by atoms with Crippen LogP contribution in [0.2, 0.25) is 5.02 Å². The lowest BCUT2D eigenvalue weighted by Crippen LogP contribution is -2.46. The highest BCUT2D eigenvalue weighted by molar-refractivity contribution is 7.99. The number of hydrogen-bond donors (Lipinski definition) is 0. The summed E-state index contributed by atoms with van der Waals surface area (Å²) in [5.41, 5.74) is 1.91. The summed E-state index contributed by atoms with van der Waals surface area (Å²) in [6.07, 6.45) is 1.87. The minimum absolute atomic E-state index is 0.732. The first-order valence-corrected chi connectivity index (χ1v) is 10.6. The van der Waals surface area contributed by atoms with Crippen molar-refractivity contribution in [1.29, 1.82) is 0 Å². The largest absolute Gasteiger partial charge is 0.360 e. The first-order chi connectivity index (χ1) is 13.2. The van der Waals surface area contributed by atoms with Gasteiger partial charge in [-0.05, 0) is 25.1 Å². The maximum atomic E-state index is 6.07. The monoisotopic (exact) mass is 402 g/mol. The standard InChI is InChI=1S/C20H23ClN4OS/c1-15-12-17(26-23-15)14-25-8-6-24(7-9-25)10-11-27-20-4-5-22-19-13-16(21)2-3-18(19)20/h2-5,12-13H,6-11,14H2,1H3. The number of piperazine rings is 1. The number of halogens is 1. The molecule has 27 heavy (non-hydrogen) atoms. The lowest BCUT2D eigenvalue weighted by Gasteiger charge is -2.34. The maximum Gasteiger partial charge on any atom is 0.150 e. The highest BCUT2D eigenvalue weighted by Crippen LogP contribution is 2.28. The Morgan fingerprint density at radius 2 is 1.93 bits per heavy atom. The van der Waals surface area contributed by atoms with Gasteiger partial charge in [0.15, 0.2) is 5.76 Å². The summed E-state index contributed by atoms with van der Waals surface area (Å²) in [7, 11) is 0. The Morgan fingerprint density at radius 3 is 2.70 bits per heavy atom. The number of pyridine rings is 1. The van der Waals surface area contributed by atoms with Crippen LogP contribution in [0.1, 0.15) is 11.5 Å². The molecule has 0 N–H and O–H groups in total. The molecule has 0 amide bonds. The van der Waals surface area contributed by atoms with Crippen LogP contribution in [0, 0.1) is 6.92 Å². The van der Waals surface area contributed by atoms with E-state index in [1.54, 1.807) is 0 Å². The lowest BCUT2D eigenvalue weighted by atomic mass is 10.2. The van der Waals surface area contributed by atoms with Gasteiger partial charge in [0.1, 0.15) is 0 Å². The van der Waals surface area contributed by atoms with Gasteiger partial charge >= 0.3 is 0 Å². The van der Waals surface area contributed by atoms with Crippen molar-refractivity contribution in [3.63, 3.8) is 0 Å². The average molecular weight is 403 g/mol. The Kier molecular flexibility index (Phi) is 5.98. The van der Waals surface area contributed by atoms with E-state index in [2.05, 4.69) is 32.1 Å². The molecule has 1 fully saturated rings. The predicted octanol–water partition coefficient (Wildman–Crippen LogP) is 4.09. The van der Waals surface area contributed by atoms with Gasteiger partial charge in [0.25, 0.3) is 0 Å². The van der Waals surface area contributed by atoms with Crippen LogP contribution in [0.4, 0.5) is 0 Å². The number of aromatic nitrogens is 2. The smallest absolute Gasteiger partial charge is 0.150 e. The summed E-state index contributed by atoms with van der Waals surface area (Å²) in [4.78, 5) is 10.7. The van der Waals surface area contributed by atoms with Crippen LogP contribution in [0.5, 0.6) is 0 Å². The van der Waals surface area contributed by atoms with Crippen molar-refractivity contribution >= 4 is 34.3 Å². The molecule has 1 aromatic carbocycles. The number of hydrogen-bond acceptors (Lipinski definition) is 6. The molecule has 0 atom stereocenters. The predicted molar refractivity (Wildman–Crippen MR) is 110 cm³/mol. The number of benzene rings is 1. The summed E-state index contributed by atoms with van der Waals surface area (Å²) in [5.74, 6) is 2.03. The molecule has 0 unspecified atom stereocenters. The molecule has 5 nitrogen and oxygen atoms in total. The van der Waals surface area contributed by atoms with Gasteiger partial charge < -0.3 is 4.52 Å². The molecule has 3 aromatic rings. The van der Waals surface area contributed by atoms with E-state index < -0.39 is 0 Å². The number of aryl methyl sites for hydroxylation is 1. The van der Waals surface area contributed by atoms with Crippen molar-refractivity contribution in [3.8, 4) is 0 Å². The summed E-state index contributed by atoms with van der Waals surface area (Å²) in [5, 5.41) is 5.88. The SMILES string of the molecule is Cc1cc(CN2CCN(CCSc3ccnc4cc(Cl)ccc34)CC2)on1. The lowest BCUT2D eigenvalue weighted by molar-refractivity contribution is 0.123. The summed E-state index contributed by atoms with van der Waals surface area (Å²) in [6.45, 7) is 8.25. The van der Waals surface area contributed by atoms with E-state index in [-0.39, 0.29) is 0 Å². The van der Waals surface area contributed by atoms with Gasteiger partial charge in [-0.15, -0.1) is 11.8 Å². The Labute approximate surface area is 168 Å². The van der Waals surface area contributed by atoms with Gasteiger partial charge in [0.05, 0.1) is 17.8 Å². The topological polar surface area (TPSA) is 45.4 Å². The third-order valence-electron chi connectivity index (χ3n) is 4.85. The second kappa shape index (κ2) is 8.61. The van der Waals surface area contributed by atoms with E-state index in [9.17, 15) is 0 Å². The molecule has 7 heteroatoms. The van der Waals surface area contributed by atoms with Crippen LogP contribution in [-0.2, 0) is 6.54 Å². The summed E-state index contributed by atoms with van der Waals surface area (Å²) < 4.78 is 5.33. The zero-order valence-electron chi connectivity index (χ0n) is 15.4. The quantitative estimate of drug-likeness (QED) is 0.578. The van der Waals surface area contributed by atoms with E-state index in [1.165, 1.54) is 10.3 Å². The van der Waals surface area contributed by atoms with Gasteiger partial charge in [-0.3, -0.25) is 14.8 Å². The molecule has 0 aliphatic carbocycles. The number of fused-ring (bicyclic) bond motifs is 1. The van der Waals surface area contributed by atoms with Crippen LogP contribution in [0.15, 0.2) is 45.9 Å². The Hall–Kier alpha value is -1.60. The van der Waals surface area contributed by atoms with Crippen LogP contribution in [0.25, 0.3) is 10.9 Å². The van der Waals surface area contributed by atoms with E-state index >= 15 is 0 Å². The van der Waals surface area contributed by atoms with Crippen molar-refractivity contribution < 1.29 is 4.52 Å². The molecule has 0 spiro atoms. The molecule has 0 radical (unpaired) electrons. The summed E-state index contributed by atoms with van der Waals surface area (Å²) >= 11 is 7.97. The van der Waals surface area contributed by atoms with Crippen molar-refractivity contribution in [1.82, 2.24) is 19.9 Å². The van der Waals surface area contributed by atoms with Gasteiger partial charge in [0.2, 0.25) is 0 Å². The zero-order chi connectivity index (χ0) is 18.6. The van der Waals surface area contributed by atoms with Crippen LogP contribution in [0.3, 0.4) is 0 Å². The van der Waals surface area contributed by atoms with E-state index in [0.717, 1.165) is 67.0 Å². The van der Waals surface area contributed by atoms with Crippen molar-refractivity contribution in [2.45, 2.75) is 18.4 Å². The fraction of sp³-hybridized carbons (Fsp3) is 0.400. The Bertz CT molecular complexity index is 908. The molecule has 2 aromatic heterocycles. The van der Waals surface area contributed by atoms with Crippen molar-refractivity contribution in [2.75, 3.05) is 38.5 Å². The second-order valence-electron chi connectivity index (χ2n) is 6.87. The molecular formula is C20H23ClN4OS. The van der Waals surface area contributed by atoms with Crippen LogP contribution in [-0.4, -0.2) is 58.4 Å². The molecule has 3 heterocycles. The summed E-state index contributed by atoms with van der Waals surface area (Å²) in [6, 6.07) is 10.0. The third kappa shape index (κ3) is 4.82. The molecule has 142 valence electrons. The Morgan fingerprint density at radius 1 is 1.11 bits per heavy atom. The van der Waals surface area contributed by atoms with Gasteiger partial charge in [-0.2, -0.15) is 0 Å². The minimum Gasteiger partial charge on any atom is -0.360 e. The van der Waals surface area contributed by atoms with Gasteiger partial charge in [0, 0.05) is 66.0 Å². The zero-order valence-corrected chi connectivity index (χ0v) is 17.0. The first-order valence-electron chi connectivity index (χ1n) is 9.21. The number of rotatable bonds is 6. The number of thioether (sulfide) groups is 1. The number of nitrogens with zero attached hydrogens (tertiary/aromatic N) is 4. The van der Waals surface area contributed by atoms with E-state index in [0.29, 0.717) is 0 Å². The average Bonchev–Trinajstić information content (AvgIpc) is 3.08. The molecular weight excluding hydrogens is 380 g/mol. The van der Waals surface area contributed by atoms with Crippen molar-refractivity contribution in [3.05, 3.63) is 53.0 Å². The molecule has 4 rings (SSSR count). The van der Waals surface area contributed by atoms with Gasteiger partial charge in [-0.1, -0.05) is 22.8 Å². The molecule has 0 bridgehead atoms. The van der Waals surface area contributed by atoms with Crippen LogP contribution >= 0.6 is 23.4 Å². The maximum absolute atomic E-state index is 6.07. The first kappa shape index (κ1) is 18.7. The van der Waals surface area contributed by atoms with Crippen molar-refractivity contribution in [2.24, 2.45) is 0 Å². The fourth-order valence-corrected chi connectivity index (χ4v) is 4.61. The van der Waals surface area contributed by atoms with Crippen LogP contribution < -0.4 is 0 Å². The Balaban J connectivity index is 1.25. The normalized spacial score (nSPS) is 16.2. The molecule has 1 aliphatic rings. The van der Waals surface area contributed by atoms with E-state index in [4.69, 9.17) is 16.1 Å². The molecule has 0 saturated carbocycles. The van der Waals surface area contributed by atoms with Gasteiger partial charge in [-0.25, -0.2) is 0 Å². The van der Waals surface area contributed by atoms with E-state index in [1.807, 2.05) is 43.1 Å². The third-order valence-corrected chi connectivity index (χ3v) is 6.14. The fourth-order valence-electron chi connectivity index (χ4n) is 3.39. The molecule has 1 saturated heterocycles. The second-order valence-corrected chi connectivity index (χ2v) is 8.44. The molecule has 1 aliphatic heterocycles.